The van der Waals surface area contributed by atoms with Gasteiger partial charge in [-0.3, -0.25) is 0 Å². The van der Waals surface area contributed by atoms with Gasteiger partial charge in [0.25, 0.3) is 0 Å². The number of methoxy groups -OCH3 is 1. The van der Waals surface area contributed by atoms with Crippen LogP contribution >= 0.6 is 11.3 Å². The number of benzene rings is 2. The Bertz CT molecular complexity index is 822. The predicted octanol–water partition coefficient (Wildman–Crippen LogP) is 4.61. The molecule has 2 N–H and O–H groups in total. The molecule has 0 aliphatic carbocycles. The molecule has 1 aromatic heterocycles. The quantitative estimate of drug-likeness (QED) is 0.713. The lowest BCUT2D eigenvalue weighted by Crippen LogP contribution is -1.95. The zero-order valence-corrected chi connectivity index (χ0v) is 14.4. The fourth-order valence-corrected chi connectivity index (χ4v) is 3.56. The molecule has 0 saturated heterocycles. The zero-order valence-electron chi connectivity index (χ0n) is 13.6. The number of anilines is 1. The SMILES string of the molecule is COc1ccc(Cc2nc(-c3ccc(C)cc3)c(C)s2)cc1N. The molecule has 3 aromatic rings. The van der Waals surface area contributed by atoms with Crippen molar-refractivity contribution in [2.24, 2.45) is 0 Å². The van der Waals surface area contributed by atoms with E-state index in [1.165, 1.54) is 16.0 Å². The number of rotatable bonds is 4. The molecule has 0 unspecified atom stereocenters. The van der Waals surface area contributed by atoms with E-state index in [0.717, 1.165) is 22.7 Å². The summed E-state index contributed by atoms with van der Waals surface area (Å²) in [6.07, 6.45) is 0.783. The Hall–Kier alpha value is -2.33. The molecule has 0 atom stereocenters. The van der Waals surface area contributed by atoms with Crippen LogP contribution in [0.2, 0.25) is 0 Å². The van der Waals surface area contributed by atoms with Crippen LogP contribution in [0.4, 0.5) is 5.69 Å². The van der Waals surface area contributed by atoms with E-state index in [-0.39, 0.29) is 0 Å². The van der Waals surface area contributed by atoms with Gasteiger partial charge in [0.1, 0.15) is 5.75 Å². The topological polar surface area (TPSA) is 48.1 Å². The number of nitrogens with zero attached hydrogens (tertiary/aromatic N) is 1. The second kappa shape index (κ2) is 6.42. The monoisotopic (exact) mass is 324 g/mol. The number of aryl methyl sites for hydroxylation is 2. The molecule has 0 spiro atoms. The lowest BCUT2D eigenvalue weighted by atomic mass is 10.1. The highest BCUT2D eigenvalue weighted by molar-refractivity contribution is 7.12. The normalized spacial score (nSPS) is 10.7. The van der Waals surface area contributed by atoms with E-state index in [1.54, 1.807) is 18.4 Å². The van der Waals surface area contributed by atoms with Gasteiger partial charge in [-0.25, -0.2) is 4.98 Å². The summed E-state index contributed by atoms with van der Waals surface area (Å²) in [5.41, 5.74) is 11.3. The van der Waals surface area contributed by atoms with Gasteiger partial charge in [-0.1, -0.05) is 35.9 Å². The number of aromatic nitrogens is 1. The van der Waals surface area contributed by atoms with Crippen molar-refractivity contribution >= 4 is 17.0 Å². The van der Waals surface area contributed by atoms with E-state index in [4.69, 9.17) is 15.5 Å². The number of nitrogen functional groups attached to an aromatic ring is 1. The smallest absolute Gasteiger partial charge is 0.141 e. The average Bonchev–Trinajstić information content (AvgIpc) is 2.89. The molecule has 2 aromatic carbocycles. The fourth-order valence-electron chi connectivity index (χ4n) is 2.57. The lowest BCUT2D eigenvalue weighted by Gasteiger charge is -2.06. The van der Waals surface area contributed by atoms with Gasteiger partial charge >= 0.3 is 0 Å². The summed E-state index contributed by atoms with van der Waals surface area (Å²) < 4.78 is 5.20. The molecular weight excluding hydrogens is 304 g/mol. The molecule has 0 aliphatic rings. The van der Waals surface area contributed by atoms with Crippen LogP contribution in [-0.2, 0) is 6.42 Å². The van der Waals surface area contributed by atoms with E-state index in [9.17, 15) is 0 Å². The van der Waals surface area contributed by atoms with Crippen LogP contribution < -0.4 is 10.5 Å². The highest BCUT2D eigenvalue weighted by Gasteiger charge is 2.11. The van der Waals surface area contributed by atoms with Crippen molar-refractivity contribution in [3.05, 3.63) is 63.5 Å². The molecule has 3 rings (SSSR count). The molecule has 1 heterocycles. The van der Waals surface area contributed by atoms with Crippen molar-refractivity contribution in [3.63, 3.8) is 0 Å². The van der Waals surface area contributed by atoms with Gasteiger partial charge in [0.15, 0.2) is 0 Å². The molecule has 0 fully saturated rings. The number of thiazole rings is 1. The summed E-state index contributed by atoms with van der Waals surface area (Å²) in [5, 5.41) is 1.10. The Kier molecular flexibility index (Phi) is 4.35. The molecule has 118 valence electrons. The van der Waals surface area contributed by atoms with Crippen LogP contribution in [0.1, 0.15) is 21.0 Å². The predicted molar refractivity (Wildman–Crippen MR) is 97.2 cm³/mol. The van der Waals surface area contributed by atoms with Gasteiger partial charge in [0.2, 0.25) is 0 Å². The molecule has 0 aliphatic heterocycles. The first-order valence-electron chi connectivity index (χ1n) is 7.52. The third-order valence-electron chi connectivity index (χ3n) is 3.82. The Morgan fingerprint density at radius 2 is 1.83 bits per heavy atom. The maximum atomic E-state index is 5.98. The summed E-state index contributed by atoms with van der Waals surface area (Å²) in [4.78, 5) is 6.06. The Labute approximate surface area is 140 Å². The van der Waals surface area contributed by atoms with E-state index >= 15 is 0 Å². The fraction of sp³-hybridized carbons (Fsp3) is 0.211. The van der Waals surface area contributed by atoms with E-state index in [1.807, 2.05) is 18.2 Å². The van der Waals surface area contributed by atoms with Crippen molar-refractivity contribution < 1.29 is 4.74 Å². The van der Waals surface area contributed by atoms with Crippen LogP contribution in [0.15, 0.2) is 42.5 Å². The summed E-state index contributed by atoms with van der Waals surface area (Å²) in [5.74, 6) is 0.712. The molecule has 23 heavy (non-hydrogen) atoms. The van der Waals surface area contributed by atoms with Crippen LogP contribution in [0.25, 0.3) is 11.3 Å². The minimum atomic E-state index is 0.664. The van der Waals surface area contributed by atoms with Crippen molar-refractivity contribution in [3.8, 4) is 17.0 Å². The first kappa shape index (κ1) is 15.6. The Morgan fingerprint density at radius 1 is 1.09 bits per heavy atom. The van der Waals surface area contributed by atoms with Gasteiger partial charge in [0.05, 0.1) is 23.5 Å². The van der Waals surface area contributed by atoms with Crippen molar-refractivity contribution in [1.82, 2.24) is 4.98 Å². The second-order valence-electron chi connectivity index (χ2n) is 5.63. The first-order chi connectivity index (χ1) is 11.1. The summed E-state index contributed by atoms with van der Waals surface area (Å²) in [6, 6.07) is 14.4. The molecule has 0 saturated carbocycles. The number of nitrogens with two attached hydrogens (primary N) is 1. The minimum Gasteiger partial charge on any atom is -0.495 e. The van der Waals surface area contributed by atoms with Crippen LogP contribution in [-0.4, -0.2) is 12.1 Å². The number of hydrogen-bond donors (Lipinski definition) is 1. The number of ether oxygens (including phenoxy) is 1. The van der Waals surface area contributed by atoms with Gasteiger partial charge in [-0.15, -0.1) is 11.3 Å². The highest BCUT2D eigenvalue weighted by atomic mass is 32.1. The largest absolute Gasteiger partial charge is 0.495 e. The van der Waals surface area contributed by atoms with Gasteiger partial charge in [-0.05, 0) is 31.5 Å². The number of hydrogen-bond acceptors (Lipinski definition) is 4. The summed E-state index contributed by atoms with van der Waals surface area (Å²) >= 11 is 1.74. The highest BCUT2D eigenvalue weighted by Crippen LogP contribution is 2.30. The second-order valence-corrected chi connectivity index (χ2v) is 6.92. The summed E-state index contributed by atoms with van der Waals surface area (Å²) in [7, 11) is 1.63. The standard InChI is InChI=1S/C19H20N2OS/c1-12-4-7-15(8-5-12)19-13(2)23-18(21-19)11-14-6-9-17(22-3)16(20)10-14/h4-10H,11,20H2,1-3H3. The maximum absolute atomic E-state index is 5.98. The van der Waals surface area contributed by atoms with Crippen molar-refractivity contribution in [2.75, 3.05) is 12.8 Å². The first-order valence-corrected chi connectivity index (χ1v) is 8.34. The zero-order chi connectivity index (χ0) is 16.4. The molecule has 4 heteroatoms. The van der Waals surface area contributed by atoms with Crippen LogP contribution in [0, 0.1) is 13.8 Å². The molecule has 3 nitrogen and oxygen atoms in total. The van der Waals surface area contributed by atoms with Crippen molar-refractivity contribution in [2.45, 2.75) is 20.3 Å². The minimum absolute atomic E-state index is 0.664. The van der Waals surface area contributed by atoms with Gasteiger partial charge < -0.3 is 10.5 Å². The third-order valence-corrected chi connectivity index (χ3v) is 4.79. The van der Waals surface area contributed by atoms with Gasteiger partial charge in [-0.2, -0.15) is 0 Å². The maximum Gasteiger partial charge on any atom is 0.141 e. The Balaban J connectivity index is 1.86. The third kappa shape index (κ3) is 3.37. The molecule has 0 amide bonds. The molecule has 0 radical (unpaired) electrons. The van der Waals surface area contributed by atoms with E-state index < -0.39 is 0 Å². The Morgan fingerprint density at radius 3 is 2.48 bits per heavy atom. The van der Waals surface area contributed by atoms with Gasteiger partial charge in [0, 0.05) is 16.9 Å². The van der Waals surface area contributed by atoms with E-state index in [0.29, 0.717) is 11.4 Å². The van der Waals surface area contributed by atoms with Crippen LogP contribution in [0.5, 0.6) is 5.75 Å². The van der Waals surface area contributed by atoms with Crippen LogP contribution in [0.3, 0.4) is 0 Å². The molecular formula is C19H20N2OS. The average molecular weight is 324 g/mol. The summed E-state index contributed by atoms with van der Waals surface area (Å²) in [6.45, 7) is 4.22. The van der Waals surface area contributed by atoms with E-state index in [2.05, 4.69) is 38.1 Å². The van der Waals surface area contributed by atoms with Crippen molar-refractivity contribution in [1.29, 1.82) is 0 Å². The lowest BCUT2D eigenvalue weighted by molar-refractivity contribution is 0.417. The molecule has 0 bridgehead atoms.